The molecule has 178 valence electrons. The first-order valence-corrected chi connectivity index (χ1v) is 11.8. The Morgan fingerprint density at radius 3 is 1.32 bits per heavy atom. The van der Waals surface area contributed by atoms with Gasteiger partial charge in [0.1, 0.15) is 0 Å². The number of hydrogen-bond acceptors (Lipinski definition) is 2. The van der Waals surface area contributed by atoms with Gasteiger partial charge < -0.3 is 14.8 Å². The van der Waals surface area contributed by atoms with Gasteiger partial charge in [0.05, 0.1) is 27.8 Å². The molecule has 0 aliphatic heterocycles. The normalized spacial score (nSPS) is 11.1. The molecule has 1 heterocycles. The van der Waals surface area contributed by atoms with Crippen molar-refractivity contribution in [1.29, 1.82) is 0 Å². The number of nitrogens with zero attached hydrogens (tertiary/aromatic N) is 1. The summed E-state index contributed by atoms with van der Waals surface area (Å²) in [6.07, 6.45) is 0. The monoisotopic (exact) mass is 483 g/mol. The van der Waals surface area contributed by atoms with E-state index in [0.29, 0.717) is 0 Å². The summed E-state index contributed by atoms with van der Waals surface area (Å²) in [6.45, 7) is 0. The Morgan fingerprint density at radius 2 is 0.919 bits per heavy atom. The minimum absolute atomic E-state index is 0.0713. The summed E-state index contributed by atoms with van der Waals surface area (Å²) in [5.41, 5.74) is 5.61. The van der Waals surface area contributed by atoms with Crippen LogP contribution >= 0.6 is 0 Å². The molecule has 6 aromatic rings. The van der Waals surface area contributed by atoms with Crippen molar-refractivity contribution >= 4 is 33.7 Å². The second-order valence-electron chi connectivity index (χ2n) is 8.84. The molecule has 2 N–H and O–H groups in total. The standard InChI is InChI=1S/C32H21NO4/c34-31(35)24-12-7-13-25(32(36)37)30(24)33-28-16-14-22(20-8-3-1-4-9-20)18-26(28)27-19-23(15-17-29(27)33)21-10-5-2-6-11-21/h1-19H,(H,34,35)(H,36,37). The molecule has 1 aromatic heterocycles. The summed E-state index contributed by atoms with van der Waals surface area (Å²) in [6, 6.07) is 36.4. The summed E-state index contributed by atoms with van der Waals surface area (Å²) >= 11 is 0. The van der Waals surface area contributed by atoms with E-state index in [9.17, 15) is 19.8 Å². The van der Waals surface area contributed by atoms with Crippen LogP contribution in [0.3, 0.4) is 0 Å². The van der Waals surface area contributed by atoms with Crippen LogP contribution in [0.5, 0.6) is 0 Å². The molecule has 6 rings (SSSR count). The second-order valence-corrected chi connectivity index (χ2v) is 8.84. The van der Waals surface area contributed by atoms with Crippen LogP contribution in [0.25, 0.3) is 49.7 Å². The molecule has 0 saturated heterocycles. The molecule has 0 unspecified atom stereocenters. The smallest absolute Gasteiger partial charge is 0.337 e. The van der Waals surface area contributed by atoms with Gasteiger partial charge in [-0.3, -0.25) is 0 Å². The Balaban J connectivity index is 1.74. The van der Waals surface area contributed by atoms with Gasteiger partial charge in [-0.15, -0.1) is 0 Å². The number of rotatable bonds is 5. The maximum Gasteiger partial charge on any atom is 0.337 e. The van der Waals surface area contributed by atoms with Crippen LogP contribution in [0.2, 0.25) is 0 Å². The Morgan fingerprint density at radius 1 is 0.486 bits per heavy atom. The third-order valence-electron chi connectivity index (χ3n) is 6.70. The van der Waals surface area contributed by atoms with Crippen LogP contribution in [0, 0.1) is 0 Å². The van der Waals surface area contributed by atoms with E-state index in [-0.39, 0.29) is 16.8 Å². The first kappa shape index (κ1) is 22.3. The predicted molar refractivity (Wildman–Crippen MR) is 146 cm³/mol. The third kappa shape index (κ3) is 3.74. The zero-order chi connectivity index (χ0) is 25.5. The van der Waals surface area contributed by atoms with E-state index < -0.39 is 11.9 Å². The molecule has 0 amide bonds. The zero-order valence-electron chi connectivity index (χ0n) is 19.6. The molecule has 0 bridgehead atoms. The van der Waals surface area contributed by atoms with Gasteiger partial charge in [-0.1, -0.05) is 78.9 Å². The lowest BCUT2D eigenvalue weighted by molar-refractivity contribution is 0.0696. The van der Waals surface area contributed by atoms with Gasteiger partial charge in [-0.05, 0) is 58.7 Å². The maximum atomic E-state index is 12.2. The van der Waals surface area contributed by atoms with Gasteiger partial charge in [0.15, 0.2) is 0 Å². The fourth-order valence-corrected chi connectivity index (χ4v) is 5.01. The summed E-state index contributed by atoms with van der Waals surface area (Å²) in [5, 5.41) is 21.8. The lowest BCUT2D eigenvalue weighted by Gasteiger charge is -2.14. The molecule has 0 aliphatic rings. The molecule has 5 nitrogen and oxygen atoms in total. The first-order valence-electron chi connectivity index (χ1n) is 11.8. The Bertz CT molecular complexity index is 1690. The molecular formula is C32H21NO4. The summed E-state index contributed by atoms with van der Waals surface area (Å²) < 4.78 is 1.76. The molecule has 5 heteroatoms. The average molecular weight is 484 g/mol. The maximum absolute atomic E-state index is 12.2. The Labute approximate surface area is 212 Å². The zero-order valence-corrected chi connectivity index (χ0v) is 19.6. The topological polar surface area (TPSA) is 79.5 Å². The number of carboxylic acids is 2. The molecule has 0 aliphatic carbocycles. The van der Waals surface area contributed by atoms with E-state index in [1.807, 2.05) is 84.9 Å². The van der Waals surface area contributed by atoms with E-state index in [2.05, 4.69) is 12.1 Å². The van der Waals surface area contributed by atoms with Crippen molar-refractivity contribution in [2.24, 2.45) is 0 Å². The minimum atomic E-state index is -1.19. The third-order valence-corrected chi connectivity index (χ3v) is 6.70. The lowest BCUT2D eigenvalue weighted by Crippen LogP contribution is -2.12. The van der Waals surface area contributed by atoms with E-state index in [1.54, 1.807) is 4.57 Å². The second kappa shape index (κ2) is 8.81. The Hall–Kier alpha value is -5.16. The van der Waals surface area contributed by atoms with Gasteiger partial charge in [-0.2, -0.15) is 0 Å². The van der Waals surface area contributed by atoms with Crippen LogP contribution in [0.1, 0.15) is 20.7 Å². The average Bonchev–Trinajstić information content (AvgIpc) is 3.26. The lowest BCUT2D eigenvalue weighted by atomic mass is 10.0. The molecule has 0 fully saturated rings. The van der Waals surface area contributed by atoms with Crippen LogP contribution < -0.4 is 0 Å². The van der Waals surface area contributed by atoms with E-state index in [0.717, 1.165) is 44.1 Å². The highest BCUT2D eigenvalue weighted by molar-refractivity contribution is 6.13. The van der Waals surface area contributed by atoms with Gasteiger partial charge in [0.25, 0.3) is 0 Å². The summed E-state index contributed by atoms with van der Waals surface area (Å²) in [4.78, 5) is 24.5. The van der Waals surface area contributed by atoms with Crippen LogP contribution in [0.15, 0.2) is 115 Å². The van der Waals surface area contributed by atoms with Crippen LogP contribution in [-0.4, -0.2) is 26.7 Å². The number of carbonyl (C=O) groups is 2. The number of para-hydroxylation sites is 1. The molecule has 0 saturated carbocycles. The van der Waals surface area contributed by atoms with Crippen molar-refractivity contribution < 1.29 is 19.8 Å². The van der Waals surface area contributed by atoms with E-state index in [4.69, 9.17) is 0 Å². The number of aromatic carboxylic acids is 2. The van der Waals surface area contributed by atoms with Crippen molar-refractivity contribution in [2.45, 2.75) is 0 Å². The van der Waals surface area contributed by atoms with Crippen LogP contribution in [0.4, 0.5) is 0 Å². The molecule has 0 radical (unpaired) electrons. The molecule has 0 atom stereocenters. The SMILES string of the molecule is O=C(O)c1cccc(C(=O)O)c1-n1c2ccc(-c3ccccc3)cc2c2cc(-c3ccccc3)ccc21. The molecule has 0 spiro atoms. The fourth-order valence-electron chi connectivity index (χ4n) is 5.01. The largest absolute Gasteiger partial charge is 0.478 e. The molecule has 5 aromatic carbocycles. The van der Waals surface area contributed by atoms with Crippen molar-refractivity contribution in [3.05, 3.63) is 126 Å². The van der Waals surface area contributed by atoms with Crippen molar-refractivity contribution in [3.63, 3.8) is 0 Å². The van der Waals surface area contributed by atoms with Gasteiger partial charge in [-0.25, -0.2) is 9.59 Å². The van der Waals surface area contributed by atoms with Gasteiger partial charge in [0.2, 0.25) is 0 Å². The van der Waals surface area contributed by atoms with Crippen molar-refractivity contribution in [3.8, 4) is 27.9 Å². The number of carboxylic acid groups (broad SMARTS) is 2. The number of benzene rings is 5. The highest BCUT2D eigenvalue weighted by Crippen LogP contribution is 2.38. The first-order chi connectivity index (χ1) is 18.0. The number of hydrogen-bond donors (Lipinski definition) is 2. The summed E-state index contributed by atoms with van der Waals surface area (Å²) in [7, 11) is 0. The number of aromatic nitrogens is 1. The minimum Gasteiger partial charge on any atom is -0.478 e. The Kier molecular flexibility index (Phi) is 5.31. The summed E-state index contributed by atoms with van der Waals surface area (Å²) in [5.74, 6) is -2.37. The molecular weight excluding hydrogens is 462 g/mol. The van der Waals surface area contributed by atoms with Crippen molar-refractivity contribution in [1.82, 2.24) is 4.57 Å². The number of fused-ring (bicyclic) bond motifs is 3. The predicted octanol–water partition coefficient (Wildman–Crippen LogP) is 7.51. The molecule has 37 heavy (non-hydrogen) atoms. The van der Waals surface area contributed by atoms with Gasteiger partial charge in [0, 0.05) is 10.8 Å². The highest BCUT2D eigenvalue weighted by atomic mass is 16.4. The van der Waals surface area contributed by atoms with E-state index in [1.165, 1.54) is 18.2 Å². The van der Waals surface area contributed by atoms with Crippen LogP contribution in [-0.2, 0) is 0 Å². The van der Waals surface area contributed by atoms with E-state index >= 15 is 0 Å². The van der Waals surface area contributed by atoms with Gasteiger partial charge >= 0.3 is 11.9 Å². The quantitative estimate of drug-likeness (QED) is 0.266. The van der Waals surface area contributed by atoms with Crippen molar-refractivity contribution in [2.75, 3.05) is 0 Å². The fraction of sp³-hybridized carbons (Fsp3) is 0. The highest BCUT2D eigenvalue weighted by Gasteiger charge is 2.24.